The number of benzene rings is 1. The molecule has 2 rings (SSSR count). The third kappa shape index (κ3) is 5.16. The van der Waals surface area contributed by atoms with Gasteiger partial charge >= 0.3 is 0 Å². The van der Waals surface area contributed by atoms with Crippen molar-refractivity contribution in [3.63, 3.8) is 0 Å². The van der Waals surface area contributed by atoms with Gasteiger partial charge < -0.3 is 10.4 Å². The Morgan fingerprint density at radius 3 is 2.36 bits per heavy atom. The summed E-state index contributed by atoms with van der Waals surface area (Å²) in [4.78, 5) is 12.5. The molecule has 2 aromatic rings. The smallest absolute Gasteiger partial charge is 0.271 e. The monoisotopic (exact) mass is 343 g/mol. The number of aryl methyl sites for hydroxylation is 3. The lowest BCUT2D eigenvalue weighted by Crippen LogP contribution is -2.35. The predicted molar refractivity (Wildman–Crippen MR) is 100 cm³/mol. The average Bonchev–Trinajstić information content (AvgIpc) is 2.84. The maximum atomic E-state index is 12.5. The van der Waals surface area contributed by atoms with Crippen LogP contribution in [0.25, 0.3) is 5.69 Å². The highest BCUT2D eigenvalue weighted by Crippen LogP contribution is 2.21. The van der Waals surface area contributed by atoms with Crippen LogP contribution in [-0.4, -0.2) is 33.4 Å². The van der Waals surface area contributed by atoms with E-state index < -0.39 is 6.10 Å². The molecule has 0 saturated heterocycles. The van der Waals surface area contributed by atoms with Gasteiger partial charge in [-0.25, -0.2) is 4.68 Å². The fraction of sp³-hybridized carbons (Fsp3) is 0.500. The number of amides is 1. The molecule has 0 aliphatic heterocycles. The molecule has 0 radical (unpaired) electrons. The standard InChI is InChI=1S/C20H29N3O2/c1-13-7-14(2)9-17(8-13)23-15(3)10-18(22-23)19(25)21-12-20(5,6)11-16(4)24/h7-10,16,24H,11-12H2,1-6H3,(H,21,25). The van der Waals surface area contributed by atoms with E-state index in [2.05, 4.69) is 28.6 Å². The second-order valence-corrected chi connectivity index (χ2v) is 7.83. The Bertz CT molecular complexity index is 740. The van der Waals surface area contributed by atoms with Gasteiger partial charge in [0, 0.05) is 12.2 Å². The normalized spacial score (nSPS) is 12.9. The van der Waals surface area contributed by atoms with Crippen LogP contribution in [0.1, 0.15) is 54.5 Å². The van der Waals surface area contributed by atoms with Crippen molar-refractivity contribution in [1.82, 2.24) is 15.1 Å². The summed E-state index contributed by atoms with van der Waals surface area (Å²) in [5.41, 5.74) is 4.44. The second kappa shape index (κ2) is 7.40. The molecular weight excluding hydrogens is 314 g/mol. The third-order valence-corrected chi connectivity index (χ3v) is 4.15. The molecule has 1 aromatic heterocycles. The highest BCUT2D eigenvalue weighted by Gasteiger charge is 2.22. The van der Waals surface area contributed by atoms with Gasteiger partial charge in [0.15, 0.2) is 5.69 Å². The molecule has 0 aliphatic rings. The minimum atomic E-state index is -0.391. The zero-order valence-electron chi connectivity index (χ0n) is 16.1. The largest absolute Gasteiger partial charge is 0.393 e. The topological polar surface area (TPSA) is 67.2 Å². The Hall–Kier alpha value is -2.14. The number of carbonyl (C=O) groups excluding carboxylic acids is 1. The molecule has 136 valence electrons. The fourth-order valence-corrected chi connectivity index (χ4v) is 3.20. The first-order valence-corrected chi connectivity index (χ1v) is 8.69. The van der Waals surface area contributed by atoms with Crippen LogP contribution in [0.2, 0.25) is 0 Å². The molecule has 5 nitrogen and oxygen atoms in total. The summed E-state index contributed by atoms with van der Waals surface area (Å²) in [6, 6.07) is 8.02. The minimum Gasteiger partial charge on any atom is -0.393 e. The quantitative estimate of drug-likeness (QED) is 0.845. The number of aliphatic hydroxyl groups excluding tert-OH is 1. The number of hydrogen-bond donors (Lipinski definition) is 2. The number of hydrogen-bond acceptors (Lipinski definition) is 3. The van der Waals surface area contributed by atoms with Crippen LogP contribution in [-0.2, 0) is 0 Å². The highest BCUT2D eigenvalue weighted by molar-refractivity contribution is 5.92. The Balaban J connectivity index is 2.15. The van der Waals surface area contributed by atoms with Gasteiger partial charge in [-0.2, -0.15) is 5.10 Å². The van der Waals surface area contributed by atoms with E-state index in [9.17, 15) is 9.90 Å². The van der Waals surface area contributed by atoms with Crippen molar-refractivity contribution in [2.24, 2.45) is 5.41 Å². The third-order valence-electron chi connectivity index (χ3n) is 4.15. The number of aliphatic hydroxyl groups is 1. The van der Waals surface area contributed by atoms with Gasteiger partial charge in [0.05, 0.1) is 11.8 Å². The van der Waals surface area contributed by atoms with E-state index in [-0.39, 0.29) is 11.3 Å². The second-order valence-electron chi connectivity index (χ2n) is 7.83. The van der Waals surface area contributed by atoms with E-state index in [0.29, 0.717) is 18.7 Å². The maximum absolute atomic E-state index is 12.5. The van der Waals surface area contributed by atoms with Crippen molar-refractivity contribution in [2.45, 2.75) is 54.1 Å². The Kier molecular flexibility index (Phi) is 5.68. The fourth-order valence-electron chi connectivity index (χ4n) is 3.20. The Morgan fingerprint density at radius 2 is 1.80 bits per heavy atom. The van der Waals surface area contributed by atoms with Crippen molar-refractivity contribution in [3.8, 4) is 5.69 Å². The highest BCUT2D eigenvalue weighted by atomic mass is 16.3. The van der Waals surface area contributed by atoms with E-state index in [0.717, 1.165) is 22.5 Å². The summed E-state index contributed by atoms with van der Waals surface area (Å²) >= 11 is 0. The van der Waals surface area contributed by atoms with Gasteiger partial charge in [0.2, 0.25) is 0 Å². The number of rotatable bonds is 6. The first kappa shape index (κ1) is 19.2. The van der Waals surface area contributed by atoms with Gasteiger partial charge in [-0.15, -0.1) is 0 Å². The van der Waals surface area contributed by atoms with Gasteiger partial charge in [-0.3, -0.25) is 4.79 Å². The lowest BCUT2D eigenvalue weighted by Gasteiger charge is -2.26. The molecule has 0 saturated carbocycles. The number of nitrogens with one attached hydrogen (secondary N) is 1. The van der Waals surface area contributed by atoms with E-state index in [4.69, 9.17) is 0 Å². The first-order chi connectivity index (χ1) is 11.6. The summed E-state index contributed by atoms with van der Waals surface area (Å²) in [6.45, 7) is 12.3. The van der Waals surface area contributed by atoms with Crippen molar-refractivity contribution >= 4 is 5.91 Å². The van der Waals surface area contributed by atoms with Crippen LogP contribution in [0.4, 0.5) is 0 Å². The summed E-state index contributed by atoms with van der Waals surface area (Å²) in [7, 11) is 0. The van der Waals surface area contributed by atoms with Crippen LogP contribution in [0.3, 0.4) is 0 Å². The molecule has 0 aliphatic carbocycles. The van der Waals surface area contributed by atoms with Gasteiger partial charge in [0.25, 0.3) is 5.91 Å². The van der Waals surface area contributed by atoms with Crippen LogP contribution >= 0.6 is 0 Å². The first-order valence-electron chi connectivity index (χ1n) is 8.69. The molecule has 1 aromatic carbocycles. The van der Waals surface area contributed by atoms with E-state index >= 15 is 0 Å². The molecule has 0 fully saturated rings. The van der Waals surface area contributed by atoms with Crippen LogP contribution in [0, 0.1) is 26.2 Å². The van der Waals surface area contributed by atoms with Crippen LogP contribution in [0.15, 0.2) is 24.3 Å². The van der Waals surface area contributed by atoms with Crippen molar-refractivity contribution < 1.29 is 9.90 Å². The molecule has 1 heterocycles. The summed E-state index contributed by atoms with van der Waals surface area (Å²) < 4.78 is 1.80. The van der Waals surface area contributed by atoms with Crippen LogP contribution < -0.4 is 5.32 Å². The van der Waals surface area contributed by atoms with Gasteiger partial charge in [0.1, 0.15) is 0 Å². The molecule has 1 atom stereocenters. The minimum absolute atomic E-state index is 0.172. The van der Waals surface area contributed by atoms with Gasteiger partial charge in [-0.1, -0.05) is 19.9 Å². The van der Waals surface area contributed by atoms with E-state index in [1.165, 1.54) is 0 Å². The Labute approximate surface area is 150 Å². The maximum Gasteiger partial charge on any atom is 0.271 e. The summed E-state index contributed by atoms with van der Waals surface area (Å²) in [6.07, 6.45) is 0.237. The van der Waals surface area contributed by atoms with Crippen LogP contribution in [0.5, 0.6) is 0 Å². The molecule has 25 heavy (non-hydrogen) atoms. The average molecular weight is 343 g/mol. The lowest BCUT2D eigenvalue weighted by molar-refractivity contribution is 0.0897. The predicted octanol–water partition coefficient (Wildman–Crippen LogP) is 3.32. The number of aromatic nitrogens is 2. The molecule has 5 heteroatoms. The zero-order valence-corrected chi connectivity index (χ0v) is 16.1. The number of carbonyl (C=O) groups is 1. The SMILES string of the molecule is Cc1cc(C)cc(-n2nc(C(=O)NCC(C)(C)CC(C)O)cc2C)c1. The summed E-state index contributed by atoms with van der Waals surface area (Å²) in [5.74, 6) is -0.190. The lowest BCUT2D eigenvalue weighted by atomic mass is 9.87. The molecule has 2 N–H and O–H groups in total. The molecule has 0 bridgehead atoms. The van der Waals surface area contributed by atoms with Crippen molar-refractivity contribution in [3.05, 3.63) is 46.8 Å². The molecule has 0 spiro atoms. The molecule has 1 amide bonds. The van der Waals surface area contributed by atoms with Crippen molar-refractivity contribution in [2.75, 3.05) is 6.54 Å². The zero-order chi connectivity index (χ0) is 18.8. The summed E-state index contributed by atoms with van der Waals surface area (Å²) in [5, 5.41) is 17.0. The van der Waals surface area contributed by atoms with Crippen molar-refractivity contribution in [1.29, 1.82) is 0 Å². The Morgan fingerprint density at radius 1 is 1.20 bits per heavy atom. The molecular formula is C20H29N3O2. The van der Waals surface area contributed by atoms with E-state index in [1.807, 2.05) is 34.6 Å². The number of nitrogens with zero attached hydrogens (tertiary/aromatic N) is 2. The van der Waals surface area contributed by atoms with E-state index in [1.54, 1.807) is 17.7 Å². The van der Waals surface area contributed by atoms with Gasteiger partial charge in [-0.05, 0) is 68.9 Å². The molecule has 1 unspecified atom stereocenters.